The number of aryl methyl sites for hydroxylation is 1. The smallest absolute Gasteiger partial charge is 0.261 e. The fourth-order valence-corrected chi connectivity index (χ4v) is 10.9. The van der Waals surface area contributed by atoms with Crippen LogP contribution in [0, 0.1) is 0 Å². The van der Waals surface area contributed by atoms with E-state index in [0.717, 1.165) is 28.6 Å². The summed E-state index contributed by atoms with van der Waals surface area (Å²) < 4.78 is 15.2. The minimum absolute atomic E-state index is 0.116. The highest BCUT2D eigenvalue weighted by Crippen LogP contribution is 2.37. The van der Waals surface area contributed by atoms with Gasteiger partial charge in [-0.3, -0.25) is 14.9 Å². The molecule has 3 heterocycles. The number of hydrogen-bond acceptors (Lipinski definition) is 6. The van der Waals surface area contributed by atoms with E-state index in [2.05, 4.69) is 89.2 Å². The summed E-state index contributed by atoms with van der Waals surface area (Å²) in [5.74, 6) is 0.0290. The van der Waals surface area contributed by atoms with Crippen molar-refractivity contribution in [3.05, 3.63) is 133 Å². The highest BCUT2D eigenvalue weighted by Gasteiger charge is 2.49. The van der Waals surface area contributed by atoms with Gasteiger partial charge in [-0.05, 0) is 52.2 Å². The number of imide groups is 1. The Morgan fingerprint density at radius 3 is 2.17 bits per heavy atom. The SMILES string of the molecule is CC(C)(C)[Si](OCCCn1cc(/C=C(/C(=O)NC=O)c2cnc(-c3ccccc3)o2)c2cccnc21)(c1ccccc1)c1ccccc1. The second-order valence-corrected chi connectivity index (χ2v) is 16.9. The summed E-state index contributed by atoms with van der Waals surface area (Å²) in [4.78, 5) is 33.5. The van der Waals surface area contributed by atoms with Crippen LogP contribution in [0.5, 0.6) is 0 Å². The largest absolute Gasteiger partial charge is 0.436 e. The molecule has 0 unspecified atom stereocenters. The van der Waals surface area contributed by atoms with Crippen molar-refractivity contribution in [2.75, 3.05) is 6.61 Å². The van der Waals surface area contributed by atoms with Gasteiger partial charge in [0.2, 0.25) is 12.3 Å². The fraction of sp³-hybridized carbons (Fsp3) is 0.179. The Bertz CT molecular complexity index is 1990. The maximum Gasteiger partial charge on any atom is 0.261 e. The van der Waals surface area contributed by atoms with E-state index < -0.39 is 14.2 Å². The first-order valence-electron chi connectivity index (χ1n) is 16.0. The summed E-state index contributed by atoms with van der Waals surface area (Å²) in [6.45, 7) is 8.03. The Morgan fingerprint density at radius 1 is 0.896 bits per heavy atom. The van der Waals surface area contributed by atoms with Crippen molar-refractivity contribution in [3.8, 4) is 11.5 Å². The van der Waals surface area contributed by atoms with Gasteiger partial charge < -0.3 is 13.4 Å². The van der Waals surface area contributed by atoms with E-state index in [1.54, 1.807) is 12.3 Å². The molecule has 3 aromatic heterocycles. The first kappa shape index (κ1) is 32.6. The van der Waals surface area contributed by atoms with Crippen LogP contribution < -0.4 is 15.7 Å². The number of rotatable bonds is 12. The van der Waals surface area contributed by atoms with E-state index in [4.69, 9.17) is 8.84 Å². The van der Waals surface area contributed by atoms with E-state index in [-0.39, 0.29) is 16.4 Å². The minimum Gasteiger partial charge on any atom is -0.436 e. The number of nitrogens with zero attached hydrogens (tertiary/aromatic N) is 3. The third kappa shape index (κ3) is 6.55. The molecule has 6 aromatic rings. The van der Waals surface area contributed by atoms with Crippen LogP contribution in [-0.4, -0.2) is 41.8 Å². The molecule has 8 nitrogen and oxygen atoms in total. The molecule has 1 N–H and O–H groups in total. The molecule has 0 atom stereocenters. The molecular weight excluding hydrogens is 617 g/mol. The van der Waals surface area contributed by atoms with Gasteiger partial charge in [-0.1, -0.05) is 99.6 Å². The molecule has 2 amide bonds. The Morgan fingerprint density at radius 2 is 1.54 bits per heavy atom. The van der Waals surface area contributed by atoms with Gasteiger partial charge in [0.05, 0.1) is 11.8 Å². The molecule has 6 rings (SSSR count). The second kappa shape index (κ2) is 14.2. The van der Waals surface area contributed by atoms with Crippen molar-refractivity contribution in [3.63, 3.8) is 0 Å². The van der Waals surface area contributed by atoms with Crippen LogP contribution in [0.4, 0.5) is 0 Å². The van der Waals surface area contributed by atoms with Gasteiger partial charge in [0.15, 0.2) is 5.76 Å². The van der Waals surface area contributed by atoms with E-state index in [1.807, 2.05) is 60.8 Å². The first-order chi connectivity index (χ1) is 23.3. The lowest BCUT2D eigenvalue weighted by Gasteiger charge is -2.43. The Kier molecular flexibility index (Phi) is 9.61. The number of fused-ring (bicyclic) bond motifs is 1. The van der Waals surface area contributed by atoms with Crippen LogP contribution in [0.25, 0.3) is 34.1 Å². The van der Waals surface area contributed by atoms with Crippen molar-refractivity contribution < 1.29 is 18.4 Å². The second-order valence-electron chi connectivity index (χ2n) is 12.6. The van der Waals surface area contributed by atoms with Crippen LogP contribution >= 0.6 is 0 Å². The van der Waals surface area contributed by atoms with Crippen LogP contribution in [0.15, 0.2) is 126 Å². The van der Waals surface area contributed by atoms with Gasteiger partial charge in [0.25, 0.3) is 14.2 Å². The number of oxazole rings is 1. The molecular formula is C39H38N4O4Si. The molecule has 3 aromatic carbocycles. The number of hydrogen-bond donors (Lipinski definition) is 1. The van der Waals surface area contributed by atoms with Crippen LogP contribution in [0.1, 0.15) is 38.5 Å². The van der Waals surface area contributed by atoms with Gasteiger partial charge in [0.1, 0.15) is 5.65 Å². The van der Waals surface area contributed by atoms with Crippen molar-refractivity contribution in [2.24, 2.45) is 0 Å². The number of carbonyl (C=O) groups excluding carboxylic acids is 2. The predicted molar refractivity (Wildman–Crippen MR) is 192 cm³/mol. The summed E-state index contributed by atoms with van der Waals surface area (Å²) in [6, 6.07) is 34.5. The molecule has 0 saturated heterocycles. The number of amides is 2. The molecule has 48 heavy (non-hydrogen) atoms. The number of aromatic nitrogens is 3. The van der Waals surface area contributed by atoms with Crippen molar-refractivity contribution >= 4 is 53.7 Å². The number of benzene rings is 3. The maximum atomic E-state index is 13.1. The molecule has 0 aliphatic carbocycles. The molecule has 0 radical (unpaired) electrons. The third-order valence-corrected chi connectivity index (χ3v) is 13.5. The standard InChI is InChI=1S/C39H38N4O4Si/c1-39(2,3)48(31-17-9-5-10-18-31,32-19-11-6-12-20-32)46-24-14-23-43-27-30(33-21-13-22-40-36(33)43)25-34(37(45)42-28-44)35-26-41-38(47-35)29-15-7-4-8-16-29/h4-13,15-22,25-28H,14,23-24H2,1-3H3,(H,42,44,45)/b34-25+. The lowest BCUT2D eigenvalue weighted by atomic mass is 10.1. The monoisotopic (exact) mass is 654 g/mol. The number of carbonyl (C=O) groups is 2. The average molecular weight is 655 g/mol. The summed E-state index contributed by atoms with van der Waals surface area (Å²) in [6.07, 6.45) is 8.05. The van der Waals surface area contributed by atoms with Gasteiger partial charge in [0, 0.05) is 42.1 Å². The normalized spacial score (nSPS) is 12.3. The zero-order valence-electron chi connectivity index (χ0n) is 27.3. The van der Waals surface area contributed by atoms with E-state index in [0.29, 0.717) is 25.5 Å². The quantitative estimate of drug-likeness (QED) is 0.0703. The van der Waals surface area contributed by atoms with Gasteiger partial charge in [-0.25, -0.2) is 9.97 Å². The molecule has 0 saturated carbocycles. The summed E-state index contributed by atoms with van der Waals surface area (Å²) >= 11 is 0. The lowest BCUT2D eigenvalue weighted by Crippen LogP contribution is -2.66. The zero-order chi connectivity index (χ0) is 33.6. The Balaban J connectivity index is 1.30. The third-order valence-electron chi connectivity index (χ3n) is 8.47. The fourth-order valence-electron chi connectivity index (χ4n) is 6.31. The summed E-state index contributed by atoms with van der Waals surface area (Å²) in [7, 11) is -2.66. The molecule has 0 bridgehead atoms. The first-order valence-corrected chi connectivity index (χ1v) is 17.9. The van der Waals surface area contributed by atoms with E-state index in [1.165, 1.54) is 16.6 Å². The molecule has 0 spiro atoms. The van der Waals surface area contributed by atoms with Crippen LogP contribution in [-0.2, 0) is 20.6 Å². The number of nitrogens with one attached hydrogen (secondary N) is 1. The molecule has 0 fully saturated rings. The Labute approximate surface area is 281 Å². The lowest BCUT2D eigenvalue weighted by molar-refractivity contribution is -0.121. The maximum absolute atomic E-state index is 13.1. The topological polar surface area (TPSA) is 99.2 Å². The van der Waals surface area contributed by atoms with Crippen LogP contribution in [0.3, 0.4) is 0 Å². The molecule has 242 valence electrons. The zero-order valence-corrected chi connectivity index (χ0v) is 28.3. The van der Waals surface area contributed by atoms with Crippen molar-refractivity contribution in [1.82, 2.24) is 19.9 Å². The minimum atomic E-state index is -2.66. The highest BCUT2D eigenvalue weighted by molar-refractivity contribution is 6.99. The average Bonchev–Trinajstić information content (AvgIpc) is 3.73. The van der Waals surface area contributed by atoms with Crippen molar-refractivity contribution in [2.45, 2.75) is 38.8 Å². The number of pyridine rings is 1. The summed E-state index contributed by atoms with van der Waals surface area (Å²) in [5, 5.41) is 5.49. The Hall–Kier alpha value is -5.38. The molecule has 0 aliphatic rings. The molecule has 0 aliphatic heterocycles. The highest BCUT2D eigenvalue weighted by atomic mass is 28.4. The van der Waals surface area contributed by atoms with E-state index >= 15 is 0 Å². The summed E-state index contributed by atoms with van der Waals surface area (Å²) in [5.41, 5.74) is 2.50. The molecule has 9 heteroatoms. The van der Waals surface area contributed by atoms with Crippen LogP contribution in [0.2, 0.25) is 5.04 Å². The van der Waals surface area contributed by atoms with Gasteiger partial charge >= 0.3 is 0 Å². The van der Waals surface area contributed by atoms with Crippen molar-refractivity contribution in [1.29, 1.82) is 0 Å². The van der Waals surface area contributed by atoms with Gasteiger partial charge in [-0.2, -0.15) is 0 Å². The predicted octanol–water partition coefficient (Wildman–Crippen LogP) is 6.47. The van der Waals surface area contributed by atoms with E-state index in [9.17, 15) is 9.59 Å². The van der Waals surface area contributed by atoms with Gasteiger partial charge in [-0.15, -0.1) is 0 Å².